The first-order valence-electron chi connectivity index (χ1n) is 7.48. The Labute approximate surface area is 142 Å². The standard InChI is InChI=1S/C17H25NO4S/c1-17(2,3)22-16(20)18-14(11-23-12-15(19)21-4)10-13-8-6-5-7-9-13/h5-9,14H,10-12H2,1-4H3,(H,18,20)/t14-/m1/s1. The maximum Gasteiger partial charge on any atom is 0.407 e. The zero-order valence-corrected chi connectivity index (χ0v) is 14.9. The molecule has 0 aliphatic heterocycles. The lowest BCUT2D eigenvalue weighted by atomic mass is 10.1. The minimum Gasteiger partial charge on any atom is -0.468 e. The molecule has 1 aromatic rings. The van der Waals surface area contributed by atoms with Crippen molar-refractivity contribution in [3.8, 4) is 0 Å². The summed E-state index contributed by atoms with van der Waals surface area (Å²) < 4.78 is 9.93. The monoisotopic (exact) mass is 339 g/mol. The van der Waals surface area contributed by atoms with Gasteiger partial charge in [-0.3, -0.25) is 4.79 Å². The van der Waals surface area contributed by atoms with Gasteiger partial charge in [-0.25, -0.2) is 4.79 Å². The number of carbonyl (C=O) groups is 2. The van der Waals surface area contributed by atoms with Gasteiger partial charge >= 0.3 is 12.1 Å². The molecular formula is C17H25NO4S. The van der Waals surface area contributed by atoms with Crippen LogP contribution >= 0.6 is 11.8 Å². The zero-order chi connectivity index (χ0) is 17.3. The Hall–Kier alpha value is -1.69. The van der Waals surface area contributed by atoms with Gasteiger partial charge in [0.1, 0.15) is 5.60 Å². The fourth-order valence-corrected chi connectivity index (χ4v) is 2.76. The highest BCUT2D eigenvalue weighted by atomic mass is 32.2. The van der Waals surface area contributed by atoms with E-state index in [1.807, 2.05) is 51.1 Å². The lowest BCUT2D eigenvalue weighted by Gasteiger charge is -2.23. The number of carbonyl (C=O) groups excluding carboxylic acids is 2. The summed E-state index contributed by atoms with van der Waals surface area (Å²) in [6.07, 6.45) is 0.228. The molecule has 0 aliphatic carbocycles. The Kier molecular flexibility index (Phi) is 7.95. The molecule has 5 nitrogen and oxygen atoms in total. The highest BCUT2D eigenvalue weighted by Crippen LogP contribution is 2.12. The highest BCUT2D eigenvalue weighted by molar-refractivity contribution is 7.99. The SMILES string of the molecule is COC(=O)CSC[C@@H](Cc1ccccc1)NC(=O)OC(C)(C)C. The van der Waals surface area contributed by atoms with Crippen LogP contribution in [0.1, 0.15) is 26.3 Å². The predicted octanol–water partition coefficient (Wildman–Crippen LogP) is 3.03. The van der Waals surface area contributed by atoms with Crippen molar-refractivity contribution in [3.63, 3.8) is 0 Å². The molecule has 0 saturated carbocycles. The summed E-state index contributed by atoms with van der Waals surface area (Å²) in [6.45, 7) is 5.47. The lowest BCUT2D eigenvalue weighted by Crippen LogP contribution is -2.41. The molecule has 0 heterocycles. The molecule has 0 unspecified atom stereocenters. The van der Waals surface area contributed by atoms with Crippen molar-refractivity contribution in [3.05, 3.63) is 35.9 Å². The minimum absolute atomic E-state index is 0.123. The van der Waals surface area contributed by atoms with Gasteiger partial charge in [0.2, 0.25) is 0 Å². The van der Waals surface area contributed by atoms with E-state index < -0.39 is 11.7 Å². The van der Waals surface area contributed by atoms with Crippen LogP contribution in [0.15, 0.2) is 30.3 Å². The van der Waals surface area contributed by atoms with Crippen LogP contribution in [0.5, 0.6) is 0 Å². The van der Waals surface area contributed by atoms with E-state index in [0.29, 0.717) is 12.2 Å². The number of hydrogen-bond acceptors (Lipinski definition) is 5. The molecule has 1 aromatic carbocycles. The Bertz CT molecular complexity index is 499. The van der Waals surface area contributed by atoms with E-state index >= 15 is 0 Å². The van der Waals surface area contributed by atoms with Gasteiger partial charge in [0.25, 0.3) is 0 Å². The fourth-order valence-electron chi connectivity index (χ4n) is 1.87. The Morgan fingerprint density at radius 1 is 1.22 bits per heavy atom. The number of benzene rings is 1. The maximum atomic E-state index is 12.0. The zero-order valence-electron chi connectivity index (χ0n) is 14.1. The van der Waals surface area contributed by atoms with Crippen LogP contribution in [0, 0.1) is 0 Å². The topological polar surface area (TPSA) is 64.6 Å². The molecule has 0 aliphatic rings. The summed E-state index contributed by atoms with van der Waals surface area (Å²) in [7, 11) is 1.36. The van der Waals surface area contributed by atoms with E-state index in [2.05, 4.69) is 10.1 Å². The fraction of sp³-hybridized carbons (Fsp3) is 0.529. The second-order valence-corrected chi connectivity index (χ2v) is 7.15. The summed E-state index contributed by atoms with van der Waals surface area (Å²) in [4.78, 5) is 23.2. The maximum absolute atomic E-state index is 12.0. The van der Waals surface area contributed by atoms with Crippen LogP contribution < -0.4 is 5.32 Å². The van der Waals surface area contributed by atoms with Crippen molar-refractivity contribution < 1.29 is 19.1 Å². The molecule has 1 atom stereocenters. The van der Waals surface area contributed by atoms with Crippen LogP contribution in [0.25, 0.3) is 0 Å². The van der Waals surface area contributed by atoms with Gasteiger partial charge in [-0.2, -0.15) is 0 Å². The molecule has 0 bridgehead atoms. The molecule has 0 aromatic heterocycles. The van der Waals surface area contributed by atoms with Crippen molar-refractivity contribution >= 4 is 23.8 Å². The first-order chi connectivity index (χ1) is 10.8. The summed E-state index contributed by atoms with van der Waals surface area (Å²) in [6, 6.07) is 9.76. The predicted molar refractivity (Wildman–Crippen MR) is 92.6 cm³/mol. The van der Waals surface area contributed by atoms with Gasteiger partial charge < -0.3 is 14.8 Å². The van der Waals surface area contributed by atoms with Gasteiger partial charge in [0.15, 0.2) is 0 Å². The summed E-state index contributed by atoms with van der Waals surface area (Å²) in [5.74, 6) is 0.590. The molecule has 0 saturated heterocycles. The lowest BCUT2D eigenvalue weighted by molar-refractivity contribution is -0.137. The van der Waals surface area contributed by atoms with Crippen LogP contribution in [0.4, 0.5) is 4.79 Å². The molecule has 0 spiro atoms. The van der Waals surface area contributed by atoms with Crippen molar-refractivity contribution in [2.45, 2.75) is 38.8 Å². The average Bonchev–Trinajstić information content (AvgIpc) is 2.45. The molecule has 1 rings (SSSR count). The van der Waals surface area contributed by atoms with Crippen LogP contribution in [0.3, 0.4) is 0 Å². The number of esters is 1. The summed E-state index contributed by atoms with van der Waals surface area (Å²) in [5, 5.41) is 2.88. The van der Waals surface area contributed by atoms with E-state index in [4.69, 9.17) is 4.74 Å². The number of thioether (sulfide) groups is 1. The molecule has 0 radical (unpaired) electrons. The smallest absolute Gasteiger partial charge is 0.407 e. The number of rotatable bonds is 7. The van der Waals surface area contributed by atoms with Crippen LogP contribution in [-0.2, 0) is 20.7 Å². The van der Waals surface area contributed by atoms with Gasteiger partial charge in [-0.15, -0.1) is 11.8 Å². The van der Waals surface area contributed by atoms with E-state index in [-0.39, 0.29) is 17.8 Å². The van der Waals surface area contributed by atoms with E-state index in [1.54, 1.807) is 0 Å². The largest absolute Gasteiger partial charge is 0.468 e. The van der Waals surface area contributed by atoms with Gasteiger partial charge in [0, 0.05) is 11.8 Å². The number of amides is 1. The molecule has 1 N–H and O–H groups in total. The van der Waals surface area contributed by atoms with Gasteiger partial charge in [-0.1, -0.05) is 30.3 Å². The van der Waals surface area contributed by atoms with Crippen molar-refractivity contribution in [1.29, 1.82) is 0 Å². The summed E-state index contributed by atoms with van der Waals surface area (Å²) in [5.41, 5.74) is 0.577. The Morgan fingerprint density at radius 3 is 2.43 bits per heavy atom. The molecule has 1 amide bonds. The Morgan fingerprint density at radius 2 is 1.87 bits per heavy atom. The number of ether oxygens (including phenoxy) is 2. The second-order valence-electron chi connectivity index (χ2n) is 6.12. The number of nitrogens with one attached hydrogen (secondary N) is 1. The van der Waals surface area contributed by atoms with Gasteiger partial charge in [0.05, 0.1) is 12.9 Å². The van der Waals surface area contributed by atoms with E-state index in [1.165, 1.54) is 18.9 Å². The van der Waals surface area contributed by atoms with Crippen molar-refractivity contribution in [1.82, 2.24) is 5.32 Å². The van der Waals surface area contributed by atoms with Crippen LogP contribution in [-0.4, -0.2) is 42.3 Å². The Balaban J connectivity index is 2.60. The van der Waals surface area contributed by atoms with E-state index in [9.17, 15) is 9.59 Å². The molecule has 0 fully saturated rings. The minimum atomic E-state index is -0.541. The third kappa shape index (κ3) is 9.13. The number of hydrogen-bond donors (Lipinski definition) is 1. The third-order valence-corrected chi connectivity index (χ3v) is 3.89. The van der Waals surface area contributed by atoms with Crippen molar-refractivity contribution in [2.75, 3.05) is 18.6 Å². The normalized spacial score (nSPS) is 12.3. The van der Waals surface area contributed by atoms with Crippen LogP contribution in [0.2, 0.25) is 0 Å². The van der Waals surface area contributed by atoms with Gasteiger partial charge in [-0.05, 0) is 32.8 Å². The molecule has 6 heteroatoms. The number of alkyl carbamates (subject to hydrolysis) is 1. The van der Waals surface area contributed by atoms with Crippen molar-refractivity contribution in [2.24, 2.45) is 0 Å². The second kappa shape index (κ2) is 9.45. The molecular weight excluding hydrogens is 314 g/mol. The first-order valence-corrected chi connectivity index (χ1v) is 8.63. The highest BCUT2D eigenvalue weighted by Gasteiger charge is 2.20. The quantitative estimate of drug-likeness (QED) is 0.774. The molecule has 23 heavy (non-hydrogen) atoms. The summed E-state index contributed by atoms with van der Waals surface area (Å²) >= 11 is 1.43. The average molecular weight is 339 g/mol. The molecule has 128 valence electrons. The van der Waals surface area contributed by atoms with E-state index in [0.717, 1.165) is 5.56 Å². The number of methoxy groups -OCH3 is 1. The first kappa shape index (κ1) is 19.4. The third-order valence-electron chi connectivity index (χ3n) is 2.81.